The first-order chi connectivity index (χ1) is 9.74. The molecule has 1 aromatic rings. The summed E-state index contributed by atoms with van der Waals surface area (Å²) in [4.78, 5) is 9.23. The molecule has 1 aromatic heterocycles. The monoisotopic (exact) mass is 281 g/mol. The van der Waals surface area contributed by atoms with Gasteiger partial charge in [0, 0.05) is 13.1 Å². The van der Waals surface area contributed by atoms with Crippen LogP contribution in [0.5, 0.6) is 0 Å². The van der Waals surface area contributed by atoms with E-state index in [1.807, 2.05) is 0 Å². The van der Waals surface area contributed by atoms with Crippen LogP contribution >= 0.6 is 0 Å². The van der Waals surface area contributed by atoms with Gasteiger partial charge in [-0.25, -0.2) is 0 Å². The van der Waals surface area contributed by atoms with Gasteiger partial charge in [-0.15, -0.1) is 0 Å². The Morgan fingerprint density at radius 3 is 3.00 bits per heavy atom. The van der Waals surface area contributed by atoms with Crippen LogP contribution in [-0.2, 0) is 4.74 Å². The second-order valence-corrected chi connectivity index (χ2v) is 5.68. The summed E-state index contributed by atoms with van der Waals surface area (Å²) in [5.74, 6) is 1.42. The fourth-order valence-corrected chi connectivity index (χ4v) is 2.80. The second kappa shape index (κ2) is 6.17. The maximum atomic E-state index is 5.44. The maximum absolute atomic E-state index is 5.44. The molecule has 0 aliphatic carbocycles. The minimum Gasteiger partial charge on any atom is -0.378 e. The van der Waals surface area contributed by atoms with Crippen molar-refractivity contribution in [3.63, 3.8) is 0 Å². The topological polar surface area (TPSA) is 66.7 Å². The minimum atomic E-state index is 0.0267. The number of likely N-dealkylation sites (N-methyl/N-ethyl adjacent to an activating group) is 2. The van der Waals surface area contributed by atoms with Crippen molar-refractivity contribution in [1.82, 2.24) is 25.3 Å². The predicted molar refractivity (Wildman–Crippen MR) is 73.3 cm³/mol. The number of ether oxygens (including phenoxy) is 1. The first kappa shape index (κ1) is 13.9. The molecule has 3 heterocycles. The van der Waals surface area contributed by atoms with E-state index in [0.717, 1.165) is 38.6 Å². The third-order valence-electron chi connectivity index (χ3n) is 4.04. The van der Waals surface area contributed by atoms with Crippen molar-refractivity contribution in [3.8, 4) is 0 Å². The van der Waals surface area contributed by atoms with Gasteiger partial charge in [0.1, 0.15) is 6.04 Å². The third kappa shape index (κ3) is 3.01. The van der Waals surface area contributed by atoms with Crippen LogP contribution in [-0.4, -0.2) is 73.4 Å². The van der Waals surface area contributed by atoms with Crippen LogP contribution in [0.2, 0.25) is 0 Å². The van der Waals surface area contributed by atoms with Gasteiger partial charge in [-0.05, 0) is 33.6 Å². The van der Waals surface area contributed by atoms with Crippen LogP contribution < -0.4 is 5.32 Å². The van der Waals surface area contributed by atoms with Crippen molar-refractivity contribution in [3.05, 3.63) is 11.7 Å². The summed E-state index contributed by atoms with van der Waals surface area (Å²) >= 11 is 0. The van der Waals surface area contributed by atoms with E-state index in [1.165, 1.54) is 6.42 Å². The van der Waals surface area contributed by atoms with Gasteiger partial charge in [-0.3, -0.25) is 4.90 Å². The van der Waals surface area contributed by atoms with Gasteiger partial charge in [0.15, 0.2) is 5.82 Å². The lowest BCUT2D eigenvalue weighted by molar-refractivity contribution is 0.0659. The molecule has 3 rings (SSSR count). The molecule has 0 spiro atoms. The predicted octanol–water partition coefficient (Wildman–Crippen LogP) is 0.0389. The average molecular weight is 281 g/mol. The van der Waals surface area contributed by atoms with Crippen LogP contribution in [0.3, 0.4) is 0 Å². The van der Waals surface area contributed by atoms with Gasteiger partial charge >= 0.3 is 0 Å². The van der Waals surface area contributed by atoms with E-state index in [9.17, 15) is 0 Å². The molecule has 1 N–H and O–H groups in total. The van der Waals surface area contributed by atoms with Gasteiger partial charge in [-0.2, -0.15) is 4.98 Å². The van der Waals surface area contributed by atoms with Crippen molar-refractivity contribution in [2.45, 2.75) is 18.5 Å². The summed E-state index contributed by atoms with van der Waals surface area (Å²) in [5, 5.41) is 7.53. The standard InChI is InChI=1S/C13H23N5O2/c1-17-5-3-6-18(2)11(8-17)12-15-13(20-16-12)10-9-19-7-4-14-10/h10-11,14H,3-9H2,1-2H3. The number of rotatable bonds is 2. The summed E-state index contributed by atoms with van der Waals surface area (Å²) in [5.41, 5.74) is 0. The van der Waals surface area contributed by atoms with Gasteiger partial charge < -0.3 is 19.5 Å². The summed E-state index contributed by atoms with van der Waals surface area (Å²) in [6.07, 6.45) is 1.17. The Labute approximate surface area is 119 Å². The first-order valence-electron chi connectivity index (χ1n) is 7.27. The molecule has 0 saturated carbocycles. The molecule has 0 amide bonds. The summed E-state index contributed by atoms with van der Waals surface area (Å²) < 4.78 is 10.9. The highest BCUT2D eigenvalue weighted by Gasteiger charge is 2.28. The molecule has 20 heavy (non-hydrogen) atoms. The molecular formula is C13H23N5O2. The Kier molecular flexibility index (Phi) is 4.30. The van der Waals surface area contributed by atoms with Crippen molar-refractivity contribution >= 4 is 0 Å². The molecule has 2 atom stereocenters. The van der Waals surface area contributed by atoms with E-state index >= 15 is 0 Å². The van der Waals surface area contributed by atoms with Crippen molar-refractivity contribution in [1.29, 1.82) is 0 Å². The zero-order valence-corrected chi connectivity index (χ0v) is 12.2. The first-order valence-corrected chi connectivity index (χ1v) is 7.27. The second-order valence-electron chi connectivity index (χ2n) is 5.68. The Morgan fingerprint density at radius 1 is 1.30 bits per heavy atom. The smallest absolute Gasteiger partial charge is 0.246 e. The molecule has 0 aromatic carbocycles. The molecule has 0 bridgehead atoms. The number of nitrogens with one attached hydrogen (secondary N) is 1. The normalized spacial score (nSPS) is 30.3. The summed E-state index contributed by atoms with van der Waals surface area (Å²) in [7, 11) is 4.27. The Bertz CT molecular complexity index is 432. The van der Waals surface area contributed by atoms with Gasteiger partial charge in [0.2, 0.25) is 5.89 Å². The van der Waals surface area contributed by atoms with E-state index in [-0.39, 0.29) is 12.1 Å². The summed E-state index contributed by atoms with van der Waals surface area (Å²) in [6.45, 7) is 5.28. The van der Waals surface area contributed by atoms with Crippen molar-refractivity contribution < 1.29 is 9.26 Å². The van der Waals surface area contributed by atoms with E-state index in [1.54, 1.807) is 0 Å². The van der Waals surface area contributed by atoms with Gasteiger partial charge in [-0.1, -0.05) is 5.16 Å². The molecule has 7 heteroatoms. The fourth-order valence-electron chi connectivity index (χ4n) is 2.80. The molecule has 2 fully saturated rings. The Hall–Kier alpha value is -1.02. The lowest BCUT2D eigenvalue weighted by atomic mass is 10.2. The van der Waals surface area contributed by atoms with Crippen LogP contribution in [0, 0.1) is 0 Å². The Balaban J connectivity index is 1.74. The minimum absolute atomic E-state index is 0.0267. The zero-order valence-electron chi connectivity index (χ0n) is 12.2. The van der Waals surface area contributed by atoms with Crippen molar-refractivity contribution in [2.24, 2.45) is 0 Å². The quantitative estimate of drug-likeness (QED) is 0.821. The lowest BCUT2D eigenvalue weighted by Gasteiger charge is -2.24. The lowest BCUT2D eigenvalue weighted by Crippen LogP contribution is -2.35. The number of morpholine rings is 1. The highest BCUT2D eigenvalue weighted by atomic mass is 16.5. The molecule has 2 unspecified atom stereocenters. The van der Waals surface area contributed by atoms with Crippen LogP contribution in [0.1, 0.15) is 30.2 Å². The number of hydrogen-bond donors (Lipinski definition) is 1. The fraction of sp³-hybridized carbons (Fsp3) is 0.846. The Morgan fingerprint density at radius 2 is 2.20 bits per heavy atom. The van der Waals surface area contributed by atoms with Gasteiger partial charge in [0.05, 0.1) is 19.3 Å². The highest BCUT2D eigenvalue weighted by Crippen LogP contribution is 2.22. The SMILES string of the molecule is CN1CCCN(C)C(c2noc(C3COCCN3)n2)C1. The summed E-state index contributed by atoms with van der Waals surface area (Å²) in [6, 6.07) is 0.225. The van der Waals surface area contributed by atoms with Gasteiger partial charge in [0.25, 0.3) is 0 Å². The maximum Gasteiger partial charge on any atom is 0.246 e. The number of aromatic nitrogens is 2. The third-order valence-corrected chi connectivity index (χ3v) is 4.04. The van der Waals surface area contributed by atoms with E-state index in [2.05, 4.69) is 39.4 Å². The number of nitrogens with zero attached hydrogens (tertiary/aromatic N) is 4. The molecule has 2 saturated heterocycles. The molecular weight excluding hydrogens is 258 g/mol. The largest absolute Gasteiger partial charge is 0.378 e. The van der Waals surface area contributed by atoms with E-state index < -0.39 is 0 Å². The molecule has 0 radical (unpaired) electrons. The average Bonchev–Trinajstić information content (AvgIpc) is 2.88. The molecule has 7 nitrogen and oxygen atoms in total. The highest BCUT2D eigenvalue weighted by molar-refractivity contribution is 5.00. The molecule has 2 aliphatic rings. The number of hydrogen-bond acceptors (Lipinski definition) is 7. The zero-order chi connectivity index (χ0) is 13.9. The van der Waals surface area contributed by atoms with Crippen LogP contribution in [0.25, 0.3) is 0 Å². The van der Waals surface area contributed by atoms with Crippen LogP contribution in [0.15, 0.2) is 4.52 Å². The van der Waals surface area contributed by atoms with Crippen molar-refractivity contribution in [2.75, 3.05) is 53.5 Å². The molecule has 2 aliphatic heterocycles. The van der Waals surface area contributed by atoms with Crippen LogP contribution in [0.4, 0.5) is 0 Å². The van der Waals surface area contributed by atoms with E-state index in [0.29, 0.717) is 12.5 Å². The molecule has 112 valence electrons. The van der Waals surface area contributed by atoms with E-state index in [4.69, 9.17) is 9.26 Å².